The summed E-state index contributed by atoms with van der Waals surface area (Å²) >= 11 is 5.54. The maximum atomic E-state index is 13.3. The molecule has 19 heavy (non-hydrogen) atoms. The van der Waals surface area contributed by atoms with Crippen LogP contribution in [0.15, 0.2) is 12.1 Å². The first kappa shape index (κ1) is 14.0. The fraction of sp³-hybridized carbons (Fsp3) is 0.500. The molecule has 104 valence electrons. The summed E-state index contributed by atoms with van der Waals surface area (Å²) in [6.07, 6.45) is 3.26. The maximum absolute atomic E-state index is 13.3. The molecule has 1 aromatic rings. The van der Waals surface area contributed by atoms with Gasteiger partial charge in [0.15, 0.2) is 0 Å². The highest BCUT2D eigenvalue weighted by atomic mass is 35.5. The van der Waals surface area contributed by atoms with Crippen molar-refractivity contribution in [1.29, 1.82) is 0 Å². The lowest BCUT2D eigenvalue weighted by Crippen LogP contribution is -2.20. The van der Waals surface area contributed by atoms with E-state index < -0.39 is 10.7 Å². The maximum Gasteiger partial charge on any atom is 0.294 e. The second-order valence-corrected chi connectivity index (χ2v) is 4.96. The molecule has 0 amide bonds. The molecule has 1 aliphatic rings. The average Bonchev–Trinajstić information content (AvgIpc) is 3.16. The van der Waals surface area contributed by atoms with Gasteiger partial charge in [0.05, 0.1) is 9.95 Å². The number of hydrogen-bond acceptors (Lipinski definition) is 4. The fourth-order valence-electron chi connectivity index (χ4n) is 1.73. The van der Waals surface area contributed by atoms with Crippen LogP contribution in [0.3, 0.4) is 0 Å². The Morgan fingerprint density at radius 1 is 1.42 bits per heavy atom. The zero-order chi connectivity index (χ0) is 13.8. The molecule has 1 aromatic carbocycles. The van der Waals surface area contributed by atoms with Gasteiger partial charge in [-0.3, -0.25) is 10.1 Å². The van der Waals surface area contributed by atoms with Gasteiger partial charge in [0, 0.05) is 24.7 Å². The Morgan fingerprint density at radius 3 is 2.79 bits per heavy atom. The lowest BCUT2D eigenvalue weighted by atomic mass is 10.2. The summed E-state index contributed by atoms with van der Waals surface area (Å²) in [5.41, 5.74) is -0.0418. The van der Waals surface area contributed by atoms with Crippen LogP contribution in [0.2, 0.25) is 5.02 Å². The number of anilines is 1. The van der Waals surface area contributed by atoms with Gasteiger partial charge in [-0.25, -0.2) is 4.39 Å². The zero-order valence-corrected chi connectivity index (χ0v) is 11.0. The van der Waals surface area contributed by atoms with Gasteiger partial charge < -0.3 is 10.6 Å². The summed E-state index contributed by atoms with van der Waals surface area (Å²) in [7, 11) is 0. The van der Waals surface area contributed by atoms with Gasteiger partial charge in [0.25, 0.3) is 5.69 Å². The summed E-state index contributed by atoms with van der Waals surface area (Å²) in [5, 5.41) is 16.8. The number of nitrogens with one attached hydrogen (secondary N) is 2. The van der Waals surface area contributed by atoms with Crippen molar-refractivity contribution in [2.45, 2.75) is 25.3 Å². The van der Waals surface area contributed by atoms with E-state index in [1.54, 1.807) is 0 Å². The van der Waals surface area contributed by atoms with E-state index in [2.05, 4.69) is 10.6 Å². The third-order valence-electron chi connectivity index (χ3n) is 2.91. The molecular weight excluding hydrogens is 273 g/mol. The summed E-state index contributed by atoms with van der Waals surface area (Å²) in [6.45, 7) is 1.39. The van der Waals surface area contributed by atoms with E-state index in [9.17, 15) is 14.5 Å². The highest BCUT2D eigenvalue weighted by Gasteiger charge is 2.20. The van der Waals surface area contributed by atoms with E-state index in [1.807, 2.05) is 0 Å². The molecule has 0 atom stereocenters. The zero-order valence-electron chi connectivity index (χ0n) is 10.3. The molecule has 0 aliphatic heterocycles. The standard InChI is InChI=1S/C12H15ClFN3O2/c13-9-6-12(17(18)19)11(7-10(9)14)16-5-1-4-15-8-2-3-8/h6-8,15-16H,1-5H2. The molecule has 2 N–H and O–H groups in total. The predicted molar refractivity (Wildman–Crippen MR) is 72.2 cm³/mol. The number of hydrogen-bond donors (Lipinski definition) is 2. The minimum atomic E-state index is -0.661. The molecule has 0 aromatic heterocycles. The van der Waals surface area contributed by atoms with E-state index in [1.165, 1.54) is 12.8 Å². The molecule has 0 saturated heterocycles. The third-order valence-corrected chi connectivity index (χ3v) is 3.20. The molecule has 0 unspecified atom stereocenters. The summed E-state index contributed by atoms with van der Waals surface area (Å²) in [4.78, 5) is 10.3. The molecular formula is C12H15ClFN3O2. The van der Waals surface area contributed by atoms with Gasteiger partial charge in [0.1, 0.15) is 11.5 Å². The topological polar surface area (TPSA) is 67.2 Å². The summed E-state index contributed by atoms with van der Waals surface area (Å²) < 4.78 is 13.3. The number of rotatable bonds is 7. The molecule has 2 rings (SSSR count). The van der Waals surface area contributed by atoms with Crippen LogP contribution in [-0.2, 0) is 0 Å². The smallest absolute Gasteiger partial charge is 0.294 e. The SMILES string of the molecule is O=[N+]([O-])c1cc(Cl)c(F)cc1NCCCNC1CC1. The van der Waals surface area contributed by atoms with E-state index in [0.29, 0.717) is 12.6 Å². The monoisotopic (exact) mass is 287 g/mol. The molecule has 1 aliphatic carbocycles. The van der Waals surface area contributed by atoms with Gasteiger partial charge >= 0.3 is 0 Å². The first-order valence-corrected chi connectivity index (χ1v) is 6.56. The average molecular weight is 288 g/mol. The van der Waals surface area contributed by atoms with Gasteiger partial charge in [-0.05, 0) is 25.8 Å². The minimum absolute atomic E-state index is 0.165. The van der Waals surface area contributed by atoms with Crippen molar-refractivity contribution in [1.82, 2.24) is 5.32 Å². The number of benzene rings is 1. The predicted octanol–water partition coefficient (Wildman–Crippen LogP) is 2.94. The highest BCUT2D eigenvalue weighted by Crippen LogP contribution is 2.30. The van der Waals surface area contributed by atoms with Gasteiger partial charge in [-0.1, -0.05) is 11.6 Å². The van der Waals surface area contributed by atoms with E-state index in [0.717, 1.165) is 25.1 Å². The van der Waals surface area contributed by atoms with Crippen LogP contribution in [0.5, 0.6) is 0 Å². The fourth-order valence-corrected chi connectivity index (χ4v) is 1.89. The minimum Gasteiger partial charge on any atom is -0.379 e. The quantitative estimate of drug-likeness (QED) is 0.460. The first-order chi connectivity index (χ1) is 9.08. The second-order valence-electron chi connectivity index (χ2n) is 4.55. The van der Waals surface area contributed by atoms with Crippen molar-refractivity contribution >= 4 is 23.0 Å². The van der Waals surface area contributed by atoms with Crippen LogP contribution < -0.4 is 10.6 Å². The lowest BCUT2D eigenvalue weighted by Gasteiger charge is -2.08. The van der Waals surface area contributed by atoms with Crippen LogP contribution in [0, 0.1) is 15.9 Å². The van der Waals surface area contributed by atoms with Crippen LogP contribution in [0.4, 0.5) is 15.8 Å². The molecule has 1 fully saturated rings. The van der Waals surface area contributed by atoms with E-state index in [4.69, 9.17) is 11.6 Å². The Hall–Kier alpha value is -1.40. The van der Waals surface area contributed by atoms with E-state index in [-0.39, 0.29) is 16.4 Å². The van der Waals surface area contributed by atoms with Gasteiger partial charge in [-0.15, -0.1) is 0 Å². The number of nitrogens with zero attached hydrogens (tertiary/aromatic N) is 1. The van der Waals surface area contributed by atoms with Crippen molar-refractivity contribution in [2.75, 3.05) is 18.4 Å². The number of halogens is 2. The third kappa shape index (κ3) is 4.04. The van der Waals surface area contributed by atoms with Crippen LogP contribution in [-0.4, -0.2) is 24.1 Å². The number of nitro benzene ring substituents is 1. The van der Waals surface area contributed by atoms with Crippen molar-refractivity contribution in [2.24, 2.45) is 0 Å². The largest absolute Gasteiger partial charge is 0.379 e. The molecule has 7 heteroatoms. The second kappa shape index (κ2) is 6.16. The Balaban J connectivity index is 1.89. The van der Waals surface area contributed by atoms with Crippen LogP contribution >= 0.6 is 11.6 Å². The van der Waals surface area contributed by atoms with Crippen molar-refractivity contribution in [3.05, 3.63) is 33.1 Å². The number of nitro groups is 1. The van der Waals surface area contributed by atoms with Crippen molar-refractivity contribution in [3.63, 3.8) is 0 Å². The normalized spacial score (nSPS) is 14.4. The van der Waals surface area contributed by atoms with E-state index >= 15 is 0 Å². The Kier molecular flexibility index (Phi) is 4.55. The van der Waals surface area contributed by atoms with Crippen LogP contribution in [0.1, 0.15) is 19.3 Å². The summed E-state index contributed by atoms with van der Waals surface area (Å²) in [5.74, 6) is -0.661. The molecule has 1 saturated carbocycles. The summed E-state index contributed by atoms with van der Waals surface area (Å²) in [6, 6.07) is 2.73. The Morgan fingerprint density at radius 2 is 2.16 bits per heavy atom. The molecule has 0 spiro atoms. The van der Waals surface area contributed by atoms with Crippen molar-refractivity contribution in [3.8, 4) is 0 Å². The molecule has 0 heterocycles. The van der Waals surface area contributed by atoms with Crippen LogP contribution in [0.25, 0.3) is 0 Å². The molecule has 5 nitrogen and oxygen atoms in total. The Labute approximate surface area is 115 Å². The first-order valence-electron chi connectivity index (χ1n) is 6.18. The van der Waals surface area contributed by atoms with Crippen molar-refractivity contribution < 1.29 is 9.31 Å². The molecule has 0 bridgehead atoms. The lowest BCUT2D eigenvalue weighted by molar-refractivity contribution is -0.384. The highest BCUT2D eigenvalue weighted by molar-refractivity contribution is 6.31. The Bertz CT molecular complexity index is 480. The van der Waals surface area contributed by atoms with Gasteiger partial charge in [0.2, 0.25) is 0 Å². The van der Waals surface area contributed by atoms with Gasteiger partial charge in [-0.2, -0.15) is 0 Å². The molecule has 0 radical (unpaired) electrons.